The molecule has 50 heavy (non-hydrogen) atoms. The molecule has 0 saturated heterocycles. The van der Waals surface area contributed by atoms with Crippen LogP contribution in [0.3, 0.4) is 0 Å². The van der Waals surface area contributed by atoms with E-state index in [9.17, 15) is 0 Å². The number of aromatic nitrogens is 3. The number of halogens is 1. The maximum absolute atomic E-state index is 8.49. The molecule has 7 rings (SSSR count). The maximum Gasteiger partial charge on any atom is 0.287 e. The first-order chi connectivity index (χ1) is 24.0. The fraction of sp³-hybridized carbons (Fsp3) is 0.150. The van der Waals surface area contributed by atoms with Crippen LogP contribution in [-0.4, -0.2) is 16.6 Å². The molecule has 6 aromatic rings. The van der Waals surface area contributed by atoms with Gasteiger partial charge in [-0.15, -0.1) is 21.6 Å². The maximum atomic E-state index is 8.49. The highest BCUT2D eigenvalue weighted by Gasteiger charge is 2.37. The average molecular weight is 705 g/mol. The predicted octanol–water partition coefficient (Wildman–Crippen LogP) is 4.90. The number of para-hydroxylation sites is 3. The predicted molar refractivity (Wildman–Crippen MR) is 191 cm³/mol. The van der Waals surface area contributed by atoms with Crippen LogP contribution in [-0.2, 0) is 12.0 Å². The molecule has 8 nitrogen and oxygen atoms in total. The Balaban J connectivity index is 0.000000808. The molecule has 1 aliphatic rings. The van der Waals surface area contributed by atoms with Crippen LogP contribution in [0, 0.1) is 10.2 Å². The highest BCUT2D eigenvalue weighted by atomic mass is 35.7. The largest absolute Gasteiger partial charge is 0.347 e. The Kier molecular flexibility index (Phi) is 10.2. The van der Waals surface area contributed by atoms with Gasteiger partial charge in [-0.25, -0.2) is 28.2 Å². The molecule has 3 heterocycles. The molecule has 10 heteroatoms. The van der Waals surface area contributed by atoms with Gasteiger partial charge >= 0.3 is 0 Å². The van der Waals surface area contributed by atoms with Crippen LogP contribution in [0.5, 0.6) is 0 Å². The van der Waals surface area contributed by atoms with Crippen LogP contribution in [0.15, 0.2) is 139 Å². The van der Waals surface area contributed by atoms with E-state index in [4.69, 9.17) is 23.6 Å². The lowest BCUT2D eigenvalue weighted by atomic mass is 9.84. The standard InChI is InChI=1S/C40H37N4S.ClHO4/c1-5-43-35-28-29(39-41-32-21-15-17-23-36(32)45-39)26-27-34(35)44(30-18-10-9-11-19-30)38(43)25-13-8-6-7-12-24-37-40(2,3)31-20-14-16-22-33(31)42(37)4;2-1(3,4)5/h6-28H,5H2,1-4H3;(H,2,3,4,5)/q+1;/p-1. The highest BCUT2D eigenvalue weighted by Crippen LogP contribution is 2.46. The molecule has 2 aromatic heterocycles. The van der Waals surface area contributed by atoms with Gasteiger partial charge < -0.3 is 4.90 Å². The number of rotatable bonds is 7. The third-order valence-electron chi connectivity index (χ3n) is 8.77. The Morgan fingerprint density at radius 2 is 1.48 bits per heavy atom. The fourth-order valence-electron chi connectivity index (χ4n) is 6.55. The lowest BCUT2D eigenvalue weighted by Crippen LogP contribution is -2.68. The van der Waals surface area contributed by atoms with E-state index in [1.165, 1.54) is 32.7 Å². The Hall–Kier alpha value is -4.87. The minimum atomic E-state index is -4.94. The summed E-state index contributed by atoms with van der Waals surface area (Å²) in [5.74, 6) is 1.13. The smallest absolute Gasteiger partial charge is 0.287 e. The molecule has 0 saturated carbocycles. The van der Waals surface area contributed by atoms with E-state index < -0.39 is 10.2 Å². The van der Waals surface area contributed by atoms with Crippen molar-refractivity contribution >= 4 is 44.4 Å². The van der Waals surface area contributed by atoms with Gasteiger partial charge in [0.25, 0.3) is 5.82 Å². The van der Waals surface area contributed by atoms with Crippen LogP contribution in [0.2, 0.25) is 0 Å². The van der Waals surface area contributed by atoms with E-state index in [2.05, 4.69) is 175 Å². The number of thiazole rings is 1. The van der Waals surface area contributed by atoms with Gasteiger partial charge in [-0.05, 0) is 67.1 Å². The van der Waals surface area contributed by atoms with Crippen molar-refractivity contribution < 1.29 is 33.4 Å². The molecular weight excluding hydrogens is 668 g/mol. The average Bonchev–Trinajstić information content (AvgIpc) is 3.72. The van der Waals surface area contributed by atoms with Crippen molar-refractivity contribution in [3.05, 3.63) is 151 Å². The summed E-state index contributed by atoms with van der Waals surface area (Å²) in [7, 11) is -2.79. The molecule has 4 aromatic carbocycles. The summed E-state index contributed by atoms with van der Waals surface area (Å²) in [5, 5.41) is 1.05. The highest BCUT2D eigenvalue weighted by molar-refractivity contribution is 7.21. The van der Waals surface area contributed by atoms with Gasteiger partial charge in [-0.3, -0.25) is 0 Å². The zero-order valence-electron chi connectivity index (χ0n) is 28.2. The second-order valence-corrected chi connectivity index (χ2v) is 14.0. The van der Waals surface area contributed by atoms with Gasteiger partial charge in [0.15, 0.2) is 11.0 Å². The molecule has 0 atom stereocenters. The number of hydrogen-bond acceptors (Lipinski definition) is 7. The number of allylic oxidation sites excluding steroid dienone is 7. The number of imidazole rings is 1. The minimum absolute atomic E-state index is 0.0230. The Morgan fingerprint density at radius 1 is 0.820 bits per heavy atom. The van der Waals surface area contributed by atoms with Crippen molar-refractivity contribution in [1.82, 2.24) is 9.55 Å². The zero-order valence-corrected chi connectivity index (χ0v) is 29.8. The number of anilines is 1. The summed E-state index contributed by atoms with van der Waals surface area (Å²) in [4.78, 5) is 7.23. The summed E-state index contributed by atoms with van der Waals surface area (Å²) in [5.41, 5.74) is 9.63. The molecule has 0 spiro atoms. The number of nitrogens with zero attached hydrogens (tertiary/aromatic N) is 4. The minimum Gasteiger partial charge on any atom is -0.347 e. The van der Waals surface area contributed by atoms with Crippen LogP contribution >= 0.6 is 11.3 Å². The van der Waals surface area contributed by atoms with Crippen molar-refractivity contribution in [3.8, 4) is 16.3 Å². The van der Waals surface area contributed by atoms with Gasteiger partial charge in [0, 0.05) is 35.5 Å². The summed E-state index contributed by atoms with van der Waals surface area (Å²) < 4.78 is 39.9. The lowest BCUT2D eigenvalue weighted by Gasteiger charge is -2.23. The molecular formula is C40H37ClN4O4S. The van der Waals surface area contributed by atoms with E-state index in [-0.39, 0.29) is 5.41 Å². The number of aryl methyl sites for hydroxylation is 1. The van der Waals surface area contributed by atoms with Crippen LogP contribution in [0.4, 0.5) is 5.69 Å². The van der Waals surface area contributed by atoms with Crippen molar-refractivity contribution in [2.45, 2.75) is 32.7 Å². The molecule has 0 unspecified atom stereocenters. The third kappa shape index (κ3) is 7.34. The van der Waals surface area contributed by atoms with Crippen molar-refractivity contribution in [1.29, 1.82) is 0 Å². The van der Waals surface area contributed by atoms with Gasteiger partial charge in [0.2, 0.25) is 0 Å². The number of likely N-dealkylation sites (N-methyl/N-ethyl adjacent to an activating group) is 1. The SMILES string of the molecule is CC[n+]1c(/C=C/C=C/C=C/C=C2\N(C)c3ccccc3C2(C)C)n(-c2ccccc2)c2ccc(-c3nc4ccccc4s3)cc21.[O-][Cl+3]([O-])([O-])[O-]. The van der Waals surface area contributed by atoms with Gasteiger partial charge in [-0.1, -0.05) is 92.8 Å². The van der Waals surface area contributed by atoms with Crippen molar-refractivity contribution in [3.63, 3.8) is 0 Å². The summed E-state index contributed by atoms with van der Waals surface area (Å²) in [6, 6.07) is 34.4. The fourth-order valence-corrected chi connectivity index (χ4v) is 7.51. The molecule has 0 N–H and O–H groups in total. The topological polar surface area (TPSA) is 117 Å². The summed E-state index contributed by atoms with van der Waals surface area (Å²) >= 11 is 1.74. The molecule has 0 fully saturated rings. The van der Waals surface area contributed by atoms with E-state index in [1.54, 1.807) is 11.3 Å². The van der Waals surface area contributed by atoms with Crippen molar-refractivity contribution in [2.24, 2.45) is 0 Å². The van der Waals surface area contributed by atoms with Gasteiger partial charge in [-0.2, -0.15) is 4.57 Å². The third-order valence-corrected chi connectivity index (χ3v) is 9.85. The molecule has 0 radical (unpaired) electrons. The summed E-state index contributed by atoms with van der Waals surface area (Å²) in [6.07, 6.45) is 15.0. The second kappa shape index (κ2) is 14.5. The Morgan fingerprint density at radius 3 is 2.20 bits per heavy atom. The van der Waals surface area contributed by atoms with Crippen LogP contribution < -0.4 is 28.1 Å². The molecule has 0 amide bonds. The van der Waals surface area contributed by atoms with E-state index in [1.807, 2.05) is 6.07 Å². The molecule has 254 valence electrons. The zero-order chi connectivity index (χ0) is 35.5. The number of hydrogen-bond donors (Lipinski definition) is 0. The number of benzene rings is 4. The van der Waals surface area contributed by atoms with Crippen molar-refractivity contribution in [2.75, 3.05) is 11.9 Å². The Bertz CT molecular complexity index is 2220. The lowest BCUT2D eigenvalue weighted by molar-refractivity contribution is -2.00. The van der Waals surface area contributed by atoms with Gasteiger partial charge in [0.05, 0.1) is 16.8 Å². The first-order valence-corrected chi connectivity index (χ1v) is 18.2. The second-order valence-electron chi connectivity index (χ2n) is 12.2. The first-order valence-electron chi connectivity index (χ1n) is 16.1. The first kappa shape index (κ1) is 35.0. The van der Waals surface area contributed by atoms with Gasteiger partial charge in [0.1, 0.15) is 10.7 Å². The molecule has 0 aliphatic carbocycles. The monoisotopic (exact) mass is 704 g/mol. The van der Waals surface area contributed by atoms with E-state index in [0.717, 1.165) is 34.1 Å². The quantitative estimate of drug-likeness (QED) is 0.173. The van der Waals surface area contributed by atoms with E-state index >= 15 is 0 Å². The van der Waals surface area contributed by atoms with Crippen LogP contribution in [0.25, 0.3) is 43.6 Å². The van der Waals surface area contributed by atoms with Crippen LogP contribution in [0.1, 0.15) is 32.2 Å². The Labute approximate surface area is 297 Å². The molecule has 0 bridgehead atoms. The summed E-state index contributed by atoms with van der Waals surface area (Å²) in [6.45, 7) is 7.65. The van der Waals surface area contributed by atoms with E-state index in [0.29, 0.717) is 0 Å². The number of fused-ring (bicyclic) bond motifs is 3. The normalized spacial score (nSPS) is 15.2. The molecule has 1 aliphatic heterocycles.